The molecule has 1 aliphatic heterocycles. The predicted octanol–water partition coefficient (Wildman–Crippen LogP) is 2.06. The number of rotatable bonds is 6. The third-order valence-electron chi connectivity index (χ3n) is 4.41. The molecule has 1 aromatic carbocycles. The van der Waals surface area contributed by atoms with Gasteiger partial charge in [-0.1, -0.05) is 30.3 Å². The van der Waals surface area contributed by atoms with E-state index in [1.54, 1.807) is 6.08 Å². The summed E-state index contributed by atoms with van der Waals surface area (Å²) in [5.41, 5.74) is 26.3. The van der Waals surface area contributed by atoms with Crippen molar-refractivity contribution in [2.45, 2.75) is 25.4 Å². The fourth-order valence-corrected chi connectivity index (χ4v) is 3.16. The molecule has 8 nitrogen and oxygen atoms in total. The van der Waals surface area contributed by atoms with Crippen LogP contribution in [0.1, 0.15) is 24.8 Å². The van der Waals surface area contributed by atoms with E-state index in [1.165, 1.54) is 12.4 Å². The van der Waals surface area contributed by atoms with Gasteiger partial charge in [-0.05, 0) is 25.1 Å². The first-order valence-corrected chi connectivity index (χ1v) is 9.10. The lowest BCUT2D eigenvalue weighted by Gasteiger charge is -2.14. The summed E-state index contributed by atoms with van der Waals surface area (Å²) in [5, 5.41) is 0. The average Bonchev–Trinajstić information content (AvgIpc) is 3.19. The van der Waals surface area contributed by atoms with Gasteiger partial charge in [-0.3, -0.25) is 0 Å². The lowest BCUT2D eigenvalue weighted by molar-refractivity contribution is 0.116. The largest absolute Gasteiger partial charge is 0.405 e. The molecule has 3 rings (SSSR count). The molecule has 0 amide bonds. The molecule has 1 aliphatic rings. The first-order chi connectivity index (χ1) is 13.6. The van der Waals surface area contributed by atoms with Crippen LogP contribution in [0.2, 0.25) is 0 Å². The maximum absolute atomic E-state index is 6.18. The van der Waals surface area contributed by atoms with Crippen LogP contribution in [-0.2, 0) is 4.74 Å². The zero-order chi connectivity index (χ0) is 19.9. The number of hydrogen-bond acceptors (Lipinski definition) is 7. The van der Waals surface area contributed by atoms with Crippen LogP contribution in [0.5, 0.6) is 0 Å². The number of amidine groups is 1. The first kappa shape index (κ1) is 19.4. The van der Waals surface area contributed by atoms with Crippen LogP contribution < -0.4 is 22.9 Å². The molecule has 2 heterocycles. The fourth-order valence-electron chi connectivity index (χ4n) is 3.16. The van der Waals surface area contributed by atoms with E-state index in [-0.39, 0.29) is 12.1 Å². The highest BCUT2D eigenvalue weighted by Crippen LogP contribution is 2.35. The number of aliphatic imine (C=N–C) groups is 1. The SMILES string of the molecule is N/C=C\C(=C/N)c1c(N=C(N)CC2CCCO2)nc(N)nc1-c1ccccc1. The summed E-state index contributed by atoms with van der Waals surface area (Å²) in [6.45, 7) is 0.753. The number of ether oxygens (including phenoxy) is 1. The first-order valence-electron chi connectivity index (χ1n) is 9.10. The van der Waals surface area contributed by atoms with Gasteiger partial charge in [0.25, 0.3) is 0 Å². The van der Waals surface area contributed by atoms with Gasteiger partial charge >= 0.3 is 0 Å². The zero-order valence-electron chi connectivity index (χ0n) is 15.6. The minimum Gasteiger partial charge on any atom is -0.405 e. The van der Waals surface area contributed by atoms with Crippen LogP contribution in [0, 0.1) is 0 Å². The molecule has 0 aliphatic carbocycles. The van der Waals surface area contributed by atoms with Crippen molar-refractivity contribution in [3.63, 3.8) is 0 Å². The summed E-state index contributed by atoms with van der Waals surface area (Å²) < 4.78 is 5.64. The summed E-state index contributed by atoms with van der Waals surface area (Å²) in [5.74, 6) is 0.856. The van der Waals surface area contributed by atoms with Crippen molar-refractivity contribution in [2.24, 2.45) is 22.2 Å². The highest BCUT2D eigenvalue weighted by Gasteiger charge is 2.20. The highest BCUT2D eigenvalue weighted by molar-refractivity contribution is 5.91. The number of nitrogens with two attached hydrogens (primary N) is 4. The van der Waals surface area contributed by atoms with Crippen LogP contribution in [-0.4, -0.2) is 28.5 Å². The number of nitrogen functional groups attached to an aromatic ring is 1. The van der Waals surface area contributed by atoms with E-state index in [0.717, 1.165) is 25.0 Å². The molecular weight excluding hydrogens is 354 g/mol. The molecular formula is C20H25N7O. The van der Waals surface area contributed by atoms with Gasteiger partial charge in [0.2, 0.25) is 5.95 Å². The Morgan fingerprint density at radius 2 is 2.00 bits per heavy atom. The van der Waals surface area contributed by atoms with Crippen molar-refractivity contribution in [1.29, 1.82) is 0 Å². The van der Waals surface area contributed by atoms with Crippen LogP contribution >= 0.6 is 0 Å². The molecule has 1 saturated heterocycles. The highest BCUT2D eigenvalue weighted by atomic mass is 16.5. The van der Waals surface area contributed by atoms with E-state index < -0.39 is 0 Å². The number of hydrogen-bond donors (Lipinski definition) is 4. The van der Waals surface area contributed by atoms with Gasteiger partial charge in [-0.15, -0.1) is 0 Å². The van der Waals surface area contributed by atoms with E-state index in [4.69, 9.17) is 27.7 Å². The zero-order valence-corrected chi connectivity index (χ0v) is 15.6. The van der Waals surface area contributed by atoms with E-state index >= 15 is 0 Å². The third-order valence-corrected chi connectivity index (χ3v) is 4.41. The van der Waals surface area contributed by atoms with Crippen LogP contribution in [0.3, 0.4) is 0 Å². The Kier molecular flexibility index (Phi) is 6.23. The number of aromatic nitrogens is 2. The van der Waals surface area contributed by atoms with Gasteiger partial charge < -0.3 is 27.7 Å². The number of anilines is 1. The maximum Gasteiger partial charge on any atom is 0.222 e. The molecule has 1 aromatic heterocycles. The van der Waals surface area contributed by atoms with Crippen molar-refractivity contribution in [3.8, 4) is 11.3 Å². The molecule has 28 heavy (non-hydrogen) atoms. The molecule has 8 heteroatoms. The van der Waals surface area contributed by atoms with Gasteiger partial charge in [0.05, 0.1) is 17.4 Å². The standard InChI is InChI=1S/C20H25N7O/c21-9-8-14(12-22)17-18(13-5-2-1-3-6-13)26-20(24)27-19(17)25-16(23)11-15-7-4-10-28-15/h1-3,5-6,8-9,12,15H,4,7,10-11,21-22H2,(H4,23,24,25,26,27)/b9-8-,14-12+. The molecule has 8 N–H and O–H groups in total. The number of nitrogens with zero attached hydrogens (tertiary/aromatic N) is 3. The quantitative estimate of drug-likeness (QED) is 0.340. The van der Waals surface area contributed by atoms with Crippen LogP contribution in [0.4, 0.5) is 11.8 Å². The minimum atomic E-state index is 0.0773. The van der Waals surface area contributed by atoms with Gasteiger partial charge in [-0.25, -0.2) is 9.98 Å². The Morgan fingerprint density at radius 3 is 2.64 bits per heavy atom. The van der Waals surface area contributed by atoms with Crippen molar-refractivity contribution in [2.75, 3.05) is 12.3 Å². The van der Waals surface area contributed by atoms with Crippen LogP contribution in [0.25, 0.3) is 16.8 Å². The second-order valence-electron chi connectivity index (χ2n) is 6.42. The minimum absolute atomic E-state index is 0.0773. The molecule has 1 unspecified atom stereocenters. The summed E-state index contributed by atoms with van der Waals surface area (Å²) in [4.78, 5) is 13.3. The summed E-state index contributed by atoms with van der Waals surface area (Å²) in [6, 6.07) is 9.60. The smallest absolute Gasteiger partial charge is 0.222 e. The van der Waals surface area contributed by atoms with Gasteiger partial charge in [0, 0.05) is 30.4 Å². The van der Waals surface area contributed by atoms with Crippen molar-refractivity contribution >= 4 is 23.2 Å². The Morgan fingerprint density at radius 1 is 1.21 bits per heavy atom. The molecule has 2 aromatic rings. The second kappa shape index (κ2) is 9.01. The number of benzene rings is 1. The van der Waals surface area contributed by atoms with Crippen molar-refractivity contribution < 1.29 is 4.74 Å². The molecule has 0 saturated carbocycles. The second-order valence-corrected chi connectivity index (χ2v) is 6.42. The number of allylic oxidation sites excluding steroid dienone is 2. The van der Waals surface area contributed by atoms with Crippen molar-refractivity contribution in [3.05, 3.63) is 54.4 Å². The van der Waals surface area contributed by atoms with E-state index in [0.29, 0.717) is 34.9 Å². The van der Waals surface area contributed by atoms with Gasteiger partial charge in [-0.2, -0.15) is 4.98 Å². The third kappa shape index (κ3) is 4.47. The Bertz CT molecular complexity index is 900. The van der Waals surface area contributed by atoms with Gasteiger partial charge in [0.1, 0.15) is 5.84 Å². The van der Waals surface area contributed by atoms with Crippen LogP contribution in [0.15, 0.2) is 53.8 Å². The summed E-state index contributed by atoms with van der Waals surface area (Å²) in [7, 11) is 0. The van der Waals surface area contributed by atoms with Gasteiger partial charge in [0.15, 0.2) is 5.82 Å². The molecule has 146 valence electrons. The Hall–Kier alpha value is -3.39. The maximum atomic E-state index is 6.18. The topological polar surface area (TPSA) is 151 Å². The molecule has 0 radical (unpaired) electrons. The summed E-state index contributed by atoms with van der Waals surface area (Å²) in [6.07, 6.45) is 7.09. The Balaban J connectivity index is 2.13. The lowest BCUT2D eigenvalue weighted by Crippen LogP contribution is -2.20. The molecule has 0 bridgehead atoms. The van der Waals surface area contributed by atoms with E-state index in [9.17, 15) is 0 Å². The van der Waals surface area contributed by atoms with E-state index in [2.05, 4.69) is 15.0 Å². The Labute approximate surface area is 164 Å². The molecule has 1 fully saturated rings. The normalized spacial score (nSPS) is 18.1. The molecule has 0 spiro atoms. The summed E-state index contributed by atoms with van der Waals surface area (Å²) >= 11 is 0. The predicted molar refractivity (Wildman–Crippen MR) is 112 cm³/mol. The average molecular weight is 379 g/mol. The fraction of sp³-hybridized carbons (Fsp3) is 0.250. The van der Waals surface area contributed by atoms with Crippen molar-refractivity contribution in [1.82, 2.24) is 9.97 Å². The lowest BCUT2D eigenvalue weighted by atomic mass is 10.00. The monoisotopic (exact) mass is 379 g/mol. The molecule has 1 atom stereocenters. The van der Waals surface area contributed by atoms with E-state index in [1.807, 2.05) is 30.3 Å².